The number of fused-ring (bicyclic) bond motifs is 2. The zero-order valence-electron chi connectivity index (χ0n) is 14.2. The molecule has 1 N–H and O–H groups in total. The van der Waals surface area contributed by atoms with Crippen LogP contribution in [0.1, 0.15) is 21.9 Å². The summed E-state index contributed by atoms with van der Waals surface area (Å²) in [6.45, 7) is 2.47. The fraction of sp³-hybridized carbons (Fsp3) is 0.211. The highest BCUT2D eigenvalue weighted by molar-refractivity contribution is 5.94. The Kier molecular flexibility index (Phi) is 3.72. The van der Waals surface area contributed by atoms with Gasteiger partial charge in [0, 0.05) is 32.4 Å². The first-order valence-electron chi connectivity index (χ1n) is 8.26. The topological polar surface area (TPSA) is 64.2 Å². The van der Waals surface area contributed by atoms with Crippen molar-refractivity contribution in [2.75, 3.05) is 6.54 Å². The molecule has 6 nitrogen and oxygen atoms in total. The zero-order valence-corrected chi connectivity index (χ0v) is 14.2. The minimum atomic E-state index is -0.0907. The first kappa shape index (κ1) is 15.4. The third kappa shape index (κ3) is 2.87. The molecule has 0 atom stereocenters. The molecule has 4 aromatic rings. The minimum Gasteiger partial charge on any atom is -0.352 e. The van der Waals surface area contributed by atoms with Crippen molar-refractivity contribution in [3.63, 3.8) is 0 Å². The summed E-state index contributed by atoms with van der Waals surface area (Å²) >= 11 is 0. The molecule has 1 aromatic carbocycles. The number of amides is 1. The lowest BCUT2D eigenvalue weighted by atomic mass is 10.2. The van der Waals surface area contributed by atoms with E-state index in [0.29, 0.717) is 18.5 Å². The van der Waals surface area contributed by atoms with Gasteiger partial charge in [-0.25, -0.2) is 9.97 Å². The highest BCUT2D eigenvalue weighted by Crippen LogP contribution is 2.14. The minimum absolute atomic E-state index is 0.0907. The van der Waals surface area contributed by atoms with E-state index >= 15 is 0 Å². The summed E-state index contributed by atoms with van der Waals surface area (Å²) in [6.07, 6.45) is 4.40. The Balaban J connectivity index is 1.44. The van der Waals surface area contributed by atoms with Crippen LogP contribution >= 0.6 is 0 Å². The summed E-state index contributed by atoms with van der Waals surface area (Å²) in [5.74, 6) is 0.870. The van der Waals surface area contributed by atoms with E-state index in [4.69, 9.17) is 0 Å². The summed E-state index contributed by atoms with van der Waals surface area (Å²) in [5.41, 5.74) is 4.47. The van der Waals surface area contributed by atoms with E-state index in [1.807, 2.05) is 54.9 Å². The van der Waals surface area contributed by atoms with E-state index in [1.165, 1.54) is 0 Å². The number of imidazole rings is 2. The molecule has 0 bridgehead atoms. The largest absolute Gasteiger partial charge is 0.352 e. The van der Waals surface area contributed by atoms with E-state index in [-0.39, 0.29) is 5.91 Å². The fourth-order valence-corrected chi connectivity index (χ4v) is 3.06. The van der Waals surface area contributed by atoms with Gasteiger partial charge in [-0.1, -0.05) is 12.1 Å². The Hall–Kier alpha value is -3.15. The SMILES string of the molecule is Cc1cn2cc(C(=O)NCCc3nc4ccccc4n3C)ccc2n1. The van der Waals surface area contributed by atoms with Gasteiger partial charge in [0.05, 0.1) is 22.3 Å². The highest BCUT2D eigenvalue weighted by Gasteiger charge is 2.10. The molecular formula is C19H19N5O. The molecule has 0 radical (unpaired) electrons. The summed E-state index contributed by atoms with van der Waals surface area (Å²) in [5, 5.41) is 2.96. The maximum Gasteiger partial charge on any atom is 0.252 e. The molecule has 0 saturated carbocycles. The number of hydrogen-bond acceptors (Lipinski definition) is 3. The van der Waals surface area contributed by atoms with Crippen molar-refractivity contribution in [3.05, 3.63) is 65.9 Å². The van der Waals surface area contributed by atoms with E-state index in [9.17, 15) is 4.79 Å². The van der Waals surface area contributed by atoms with Crippen LogP contribution in [0.15, 0.2) is 48.8 Å². The molecule has 0 unspecified atom stereocenters. The molecule has 6 heteroatoms. The number of rotatable bonds is 4. The maximum absolute atomic E-state index is 12.4. The lowest BCUT2D eigenvalue weighted by Gasteiger charge is -2.06. The van der Waals surface area contributed by atoms with Crippen LogP contribution in [0, 0.1) is 6.92 Å². The lowest BCUT2D eigenvalue weighted by Crippen LogP contribution is -2.26. The van der Waals surface area contributed by atoms with Crippen LogP contribution in [-0.2, 0) is 13.5 Å². The second kappa shape index (κ2) is 6.05. The number of nitrogens with zero attached hydrogens (tertiary/aromatic N) is 4. The Morgan fingerprint density at radius 1 is 1.12 bits per heavy atom. The van der Waals surface area contributed by atoms with Gasteiger partial charge >= 0.3 is 0 Å². The van der Waals surface area contributed by atoms with Gasteiger partial charge < -0.3 is 14.3 Å². The summed E-state index contributed by atoms with van der Waals surface area (Å²) in [6, 6.07) is 11.7. The molecule has 25 heavy (non-hydrogen) atoms. The number of hydrogen-bond donors (Lipinski definition) is 1. The molecule has 0 aliphatic rings. The van der Waals surface area contributed by atoms with Crippen LogP contribution in [0.2, 0.25) is 0 Å². The monoisotopic (exact) mass is 333 g/mol. The van der Waals surface area contributed by atoms with Crippen LogP contribution in [0.3, 0.4) is 0 Å². The quantitative estimate of drug-likeness (QED) is 0.624. The van der Waals surface area contributed by atoms with Crippen LogP contribution in [-0.4, -0.2) is 31.4 Å². The average Bonchev–Trinajstić information content (AvgIpc) is 3.14. The zero-order chi connectivity index (χ0) is 17.4. The molecule has 3 aromatic heterocycles. The number of carbonyl (C=O) groups is 1. The number of aromatic nitrogens is 4. The molecule has 0 aliphatic heterocycles. The highest BCUT2D eigenvalue weighted by atomic mass is 16.1. The second-order valence-electron chi connectivity index (χ2n) is 6.15. The molecule has 0 fully saturated rings. The Bertz CT molecular complexity index is 1080. The van der Waals surface area contributed by atoms with Gasteiger partial charge in [-0.2, -0.15) is 0 Å². The van der Waals surface area contributed by atoms with Crippen molar-refractivity contribution in [2.45, 2.75) is 13.3 Å². The van der Waals surface area contributed by atoms with E-state index in [0.717, 1.165) is 28.2 Å². The lowest BCUT2D eigenvalue weighted by molar-refractivity contribution is 0.0953. The molecule has 0 spiro atoms. The second-order valence-corrected chi connectivity index (χ2v) is 6.15. The number of carbonyl (C=O) groups excluding carboxylic acids is 1. The average molecular weight is 333 g/mol. The Morgan fingerprint density at radius 2 is 1.96 bits per heavy atom. The molecule has 0 aliphatic carbocycles. The van der Waals surface area contributed by atoms with Gasteiger partial charge in [-0.15, -0.1) is 0 Å². The third-order valence-electron chi connectivity index (χ3n) is 4.35. The van der Waals surface area contributed by atoms with Crippen molar-refractivity contribution in [3.8, 4) is 0 Å². The number of nitrogens with one attached hydrogen (secondary N) is 1. The van der Waals surface area contributed by atoms with Crippen molar-refractivity contribution in [1.82, 2.24) is 24.3 Å². The molecule has 3 heterocycles. The van der Waals surface area contributed by atoms with E-state index < -0.39 is 0 Å². The number of pyridine rings is 1. The number of aryl methyl sites for hydroxylation is 2. The molecule has 4 rings (SSSR count). The normalized spacial score (nSPS) is 11.3. The molecule has 126 valence electrons. The smallest absolute Gasteiger partial charge is 0.252 e. The van der Waals surface area contributed by atoms with Gasteiger partial charge in [0.1, 0.15) is 11.5 Å². The summed E-state index contributed by atoms with van der Waals surface area (Å²) < 4.78 is 3.94. The third-order valence-corrected chi connectivity index (χ3v) is 4.35. The first-order chi connectivity index (χ1) is 12.1. The molecule has 0 saturated heterocycles. The van der Waals surface area contributed by atoms with Crippen LogP contribution < -0.4 is 5.32 Å². The number of benzene rings is 1. The van der Waals surface area contributed by atoms with Crippen LogP contribution in [0.25, 0.3) is 16.7 Å². The van der Waals surface area contributed by atoms with E-state index in [2.05, 4.69) is 19.9 Å². The molecular weight excluding hydrogens is 314 g/mol. The van der Waals surface area contributed by atoms with Crippen molar-refractivity contribution >= 4 is 22.6 Å². The Morgan fingerprint density at radius 3 is 2.80 bits per heavy atom. The van der Waals surface area contributed by atoms with Crippen LogP contribution in [0.4, 0.5) is 0 Å². The van der Waals surface area contributed by atoms with Gasteiger partial charge in [0.15, 0.2) is 0 Å². The van der Waals surface area contributed by atoms with E-state index in [1.54, 1.807) is 12.3 Å². The summed E-state index contributed by atoms with van der Waals surface area (Å²) in [4.78, 5) is 21.4. The first-order valence-corrected chi connectivity index (χ1v) is 8.26. The van der Waals surface area contributed by atoms with Crippen molar-refractivity contribution in [2.24, 2.45) is 7.05 Å². The summed E-state index contributed by atoms with van der Waals surface area (Å²) in [7, 11) is 2.00. The van der Waals surface area contributed by atoms with Crippen LogP contribution in [0.5, 0.6) is 0 Å². The Labute approximate surface area is 145 Å². The number of para-hydroxylation sites is 2. The van der Waals surface area contributed by atoms with Gasteiger partial charge in [-0.3, -0.25) is 4.79 Å². The van der Waals surface area contributed by atoms with Gasteiger partial charge in [-0.05, 0) is 31.2 Å². The van der Waals surface area contributed by atoms with Gasteiger partial charge in [0.2, 0.25) is 0 Å². The van der Waals surface area contributed by atoms with Crippen molar-refractivity contribution < 1.29 is 4.79 Å². The standard InChI is InChI=1S/C19H19N5O/c1-13-11-24-12-14(7-8-18(24)21-13)19(25)20-10-9-17-22-15-5-3-4-6-16(15)23(17)2/h3-8,11-12H,9-10H2,1-2H3,(H,20,25). The fourth-order valence-electron chi connectivity index (χ4n) is 3.06. The maximum atomic E-state index is 12.4. The van der Waals surface area contributed by atoms with Gasteiger partial charge in [0.25, 0.3) is 5.91 Å². The predicted molar refractivity (Wildman–Crippen MR) is 96.7 cm³/mol. The predicted octanol–water partition coefficient (Wildman–Crippen LogP) is 2.50. The van der Waals surface area contributed by atoms with Crippen molar-refractivity contribution in [1.29, 1.82) is 0 Å². The molecule has 1 amide bonds.